The highest BCUT2D eigenvalue weighted by molar-refractivity contribution is 5.85. The van der Waals surface area contributed by atoms with Crippen molar-refractivity contribution in [1.82, 2.24) is 0 Å². The molecule has 4 nitrogen and oxygen atoms in total. The molecule has 0 radical (unpaired) electrons. The minimum Gasteiger partial charge on any atom is -0.461 e. The highest BCUT2D eigenvalue weighted by atomic mass is 19.1. The van der Waals surface area contributed by atoms with Gasteiger partial charge in [0.1, 0.15) is 6.10 Å². The number of hydrogen-bond acceptors (Lipinski definition) is 4. The van der Waals surface area contributed by atoms with E-state index < -0.39 is 23.7 Å². The molecule has 86 valence electrons. The fourth-order valence-electron chi connectivity index (χ4n) is 1.23. The summed E-state index contributed by atoms with van der Waals surface area (Å²) in [7, 11) is 0. The molecule has 1 heterocycles. The summed E-state index contributed by atoms with van der Waals surface area (Å²) in [5, 5.41) is 0. The predicted molar refractivity (Wildman–Crippen MR) is 50.7 cm³/mol. The number of hydrogen-bond donors (Lipinski definition) is 0. The van der Waals surface area contributed by atoms with Crippen LogP contribution in [0.1, 0.15) is 20.8 Å². The fourth-order valence-corrected chi connectivity index (χ4v) is 1.23. The van der Waals surface area contributed by atoms with Crippen molar-refractivity contribution in [1.29, 1.82) is 0 Å². The first-order chi connectivity index (χ1) is 6.94. The third-order valence-electron chi connectivity index (χ3n) is 1.83. The quantitative estimate of drug-likeness (QED) is 0.532. The molecular weight excluding hydrogens is 203 g/mol. The molecule has 1 saturated heterocycles. The van der Waals surface area contributed by atoms with Crippen molar-refractivity contribution >= 4 is 5.97 Å². The van der Waals surface area contributed by atoms with E-state index in [1.165, 1.54) is 0 Å². The van der Waals surface area contributed by atoms with Crippen LogP contribution < -0.4 is 0 Å². The SMILES string of the molecule is CCOC(=O)/C(F)=C/[C@@H]1COC(C)(C)O1. The van der Waals surface area contributed by atoms with Crippen molar-refractivity contribution in [3.8, 4) is 0 Å². The molecule has 0 aliphatic carbocycles. The van der Waals surface area contributed by atoms with Crippen LogP contribution in [-0.4, -0.2) is 31.1 Å². The van der Waals surface area contributed by atoms with Crippen LogP contribution in [0.3, 0.4) is 0 Å². The Morgan fingerprint density at radius 3 is 2.80 bits per heavy atom. The maximum Gasteiger partial charge on any atom is 0.366 e. The molecule has 0 bridgehead atoms. The highest BCUT2D eigenvalue weighted by Gasteiger charge is 2.32. The van der Waals surface area contributed by atoms with E-state index in [9.17, 15) is 9.18 Å². The first kappa shape index (κ1) is 12.1. The third kappa shape index (κ3) is 3.60. The summed E-state index contributed by atoms with van der Waals surface area (Å²) in [4.78, 5) is 10.9. The van der Waals surface area contributed by atoms with Crippen molar-refractivity contribution in [2.24, 2.45) is 0 Å². The van der Waals surface area contributed by atoms with Crippen LogP contribution in [0.25, 0.3) is 0 Å². The molecule has 1 aliphatic rings. The van der Waals surface area contributed by atoms with Crippen LogP contribution in [0, 0.1) is 0 Å². The lowest BCUT2D eigenvalue weighted by Gasteiger charge is -2.15. The number of carbonyl (C=O) groups excluding carboxylic acids is 1. The van der Waals surface area contributed by atoms with E-state index in [1.807, 2.05) is 0 Å². The molecule has 0 N–H and O–H groups in total. The Morgan fingerprint density at radius 2 is 2.33 bits per heavy atom. The first-order valence-electron chi connectivity index (χ1n) is 4.81. The van der Waals surface area contributed by atoms with E-state index in [1.54, 1.807) is 20.8 Å². The average Bonchev–Trinajstić information content (AvgIpc) is 2.46. The first-order valence-corrected chi connectivity index (χ1v) is 4.81. The maximum absolute atomic E-state index is 13.1. The highest BCUT2D eigenvalue weighted by Crippen LogP contribution is 2.23. The molecule has 1 rings (SSSR count). The van der Waals surface area contributed by atoms with Gasteiger partial charge in [-0.3, -0.25) is 0 Å². The summed E-state index contributed by atoms with van der Waals surface area (Å²) in [5.41, 5.74) is 0. The Bertz CT molecular complexity index is 273. The molecule has 0 amide bonds. The second-order valence-electron chi connectivity index (χ2n) is 3.60. The monoisotopic (exact) mass is 218 g/mol. The summed E-state index contributed by atoms with van der Waals surface area (Å²) in [6.07, 6.45) is 0.539. The summed E-state index contributed by atoms with van der Waals surface area (Å²) in [5.74, 6) is -2.63. The van der Waals surface area contributed by atoms with Gasteiger partial charge < -0.3 is 14.2 Å². The second-order valence-corrected chi connectivity index (χ2v) is 3.60. The molecule has 0 aromatic rings. The van der Waals surface area contributed by atoms with Crippen molar-refractivity contribution in [3.63, 3.8) is 0 Å². The van der Waals surface area contributed by atoms with Gasteiger partial charge >= 0.3 is 5.97 Å². The Balaban J connectivity index is 2.53. The van der Waals surface area contributed by atoms with Crippen LogP contribution in [0.5, 0.6) is 0 Å². The number of rotatable bonds is 3. The lowest BCUT2D eigenvalue weighted by atomic mass is 10.3. The lowest BCUT2D eigenvalue weighted by Crippen LogP contribution is -2.21. The van der Waals surface area contributed by atoms with Gasteiger partial charge in [-0.2, -0.15) is 4.39 Å². The molecular formula is C10H15FO4. The van der Waals surface area contributed by atoms with Crippen LogP contribution >= 0.6 is 0 Å². The minimum atomic E-state index is -0.967. The van der Waals surface area contributed by atoms with E-state index in [2.05, 4.69) is 4.74 Å². The van der Waals surface area contributed by atoms with E-state index in [-0.39, 0.29) is 13.2 Å². The number of carbonyl (C=O) groups is 1. The normalized spacial score (nSPS) is 25.3. The van der Waals surface area contributed by atoms with Gasteiger partial charge in [0.2, 0.25) is 5.83 Å². The van der Waals surface area contributed by atoms with Gasteiger partial charge in [0.15, 0.2) is 5.79 Å². The number of halogens is 1. The molecule has 15 heavy (non-hydrogen) atoms. The predicted octanol–water partition coefficient (Wildman–Crippen LogP) is 1.55. The molecule has 0 aromatic carbocycles. The smallest absolute Gasteiger partial charge is 0.366 e. The molecule has 0 saturated carbocycles. The van der Waals surface area contributed by atoms with Crippen LogP contribution in [0.2, 0.25) is 0 Å². The Kier molecular flexibility index (Phi) is 3.82. The summed E-state index contributed by atoms with van der Waals surface area (Å²) in [6.45, 7) is 5.45. The summed E-state index contributed by atoms with van der Waals surface area (Å²) >= 11 is 0. The Morgan fingerprint density at radius 1 is 1.67 bits per heavy atom. The fraction of sp³-hybridized carbons (Fsp3) is 0.700. The van der Waals surface area contributed by atoms with Gasteiger partial charge in [0.05, 0.1) is 13.2 Å². The molecule has 1 fully saturated rings. The van der Waals surface area contributed by atoms with Crippen molar-refractivity contribution in [2.75, 3.05) is 13.2 Å². The zero-order valence-electron chi connectivity index (χ0n) is 9.08. The Hall–Kier alpha value is -0.940. The third-order valence-corrected chi connectivity index (χ3v) is 1.83. The van der Waals surface area contributed by atoms with Gasteiger partial charge in [0, 0.05) is 0 Å². The largest absolute Gasteiger partial charge is 0.461 e. The van der Waals surface area contributed by atoms with E-state index >= 15 is 0 Å². The van der Waals surface area contributed by atoms with Gasteiger partial charge in [0.25, 0.3) is 0 Å². The molecule has 0 unspecified atom stereocenters. The lowest BCUT2D eigenvalue weighted by molar-refractivity contribution is -0.141. The zero-order chi connectivity index (χ0) is 11.5. The van der Waals surface area contributed by atoms with Gasteiger partial charge in [-0.1, -0.05) is 0 Å². The van der Waals surface area contributed by atoms with Gasteiger partial charge in [-0.15, -0.1) is 0 Å². The van der Waals surface area contributed by atoms with Gasteiger partial charge in [-0.25, -0.2) is 4.79 Å². The van der Waals surface area contributed by atoms with E-state index in [4.69, 9.17) is 9.47 Å². The molecule has 0 spiro atoms. The Labute approximate surface area is 88.0 Å². The molecule has 0 aromatic heterocycles. The van der Waals surface area contributed by atoms with Crippen molar-refractivity contribution < 1.29 is 23.4 Å². The summed E-state index contributed by atoms with van der Waals surface area (Å²) in [6, 6.07) is 0. The molecule has 1 atom stereocenters. The number of esters is 1. The maximum atomic E-state index is 13.1. The van der Waals surface area contributed by atoms with Crippen molar-refractivity contribution in [3.05, 3.63) is 11.9 Å². The second kappa shape index (κ2) is 4.72. The number of ether oxygens (including phenoxy) is 3. The molecule has 5 heteroatoms. The average molecular weight is 218 g/mol. The van der Waals surface area contributed by atoms with Crippen LogP contribution in [-0.2, 0) is 19.0 Å². The van der Waals surface area contributed by atoms with Crippen molar-refractivity contribution in [2.45, 2.75) is 32.7 Å². The topological polar surface area (TPSA) is 44.8 Å². The van der Waals surface area contributed by atoms with Crippen LogP contribution in [0.15, 0.2) is 11.9 Å². The van der Waals surface area contributed by atoms with E-state index in [0.717, 1.165) is 6.08 Å². The zero-order valence-corrected chi connectivity index (χ0v) is 9.08. The van der Waals surface area contributed by atoms with Gasteiger partial charge in [-0.05, 0) is 26.8 Å². The minimum absolute atomic E-state index is 0.146. The van der Waals surface area contributed by atoms with Crippen LogP contribution in [0.4, 0.5) is 4.39 Å². The van der Waals surface area contributed by atoms with E-state index in [0.29, 0.717) is 0 Å². The molecule has 1 aliphatic heterocycles. The summed E-state index contributed by atoms with van der Waals surface area (Å²) < 4.78 is 28.1. The standard InChI is InChI=1S/C10H15FO4/c1-4-13-9(12)8(11)5-7-6-14-10(2,3)15-7/h5,7H,4,6H2,1-3H3/b8-5-/t7-/m1/s1.